The number of rotatable bonds is 7. The van der Waals surface area contributed by atoms with Gasteiger partial charge in [0.15, 0.2) is 5.16 Å². The summed E-state index contributed by atoms with van der Waals surface area (Å²) in [5.74, 6) is -0.240. The molecule has 114 valence electrons. The van der Waals surface area contributed by atoms with E-state index in [1.165, 1.54) is 11.8 Å². The average Bonchev–Trinajstić information content (AvgIpc) is 2.73. The molecule has 5 nitrogen and oxygen atoms in total. The molecule has 1 unspecified atom stereocenters. The van der Waals surface area contributed by atoms with Crippen LogP contribution in [-0.2, 0) is 22.1 Å². The summed E-state index contributed by atoms with van der Waals surface area (Å²) >= 11 is 3.45. The molecule has 0 saturated carbocycles. The van der Waals surface area contributed by atoms with E-state index in [-0.39, 0.29) is 5.75 Å². The summed E-state index contributed by atoms with van der Waals surface area (Å²) in [5, 5.41) is 9.54. The zero-order chi connectivity index (χ0) is 15.4. The standard InChI is InChI=1S/C13H15IN2O3S2/c1-21(19)6-2-5-16-11-4-3-9(14)7-10(11)15-13(16)20-8-12(17)18/h3-4,7H,2,5-6,8H2,1H3,(H,17,18). The van der Waals surface area contributed by atoms with E-state index in [1.807, 2.05) is 22.8 Å². The Morgan fingerprint density at radius 1 is 1.52 bits per heavy atom. The van der Waals surface area contributed by atoms with Crippen molar-refractivity contribution in [3.8, 4) is 0 Å². The third-order valence-electron chi connectivity index (χ3n) is 2.81. The normalized spacial score (nSPS) is 12.7. The summed E-state index contributed by atoms with van der Waals surface area (Å²) < 4.78 is 14.3. The first-order chi connectivity index (χ1) is 9.97. The maximum atomic E-state index is 11.2. The molecule has 1 aromatic carbocycles. The number of aryl methyl sites for hydroxylation is 1. The van der Waals surface area contributed by atoms with Crippen molar-refractivity contribution in [2.24, 2.45) is 0 Å². The van der Waals surface area contributed by atoms with Crippen molar-refractivity contribution in [3.05, 3.63) is 21.8 Å². The number of benzene rings is 1. The first-order valence-electron chi connectivity index (χ1n) is 6.28. The lowest BCUT2D eigenvalue weighted by Gasteiger charge is -2.07. The van der Waals surface area contributed by atoms with Gasteiger partial charge in [-0.3, -0.25) is 9.00 Å². The fourth-order valence-electron chi connectivity index (χ4n) is 1.96. The van der Waals surface area contributed by atoms with Gasteiger partial charge in [0.1, 0.15) is 0 Å². The van der Waals surface area contributed by atoms with Crippen molar-refractivity contribution in [2.75, 3.05) is 17.8 Å². The molecule has 0 aliphatic heterocycles. The van der Waals surface area contributed by atoms with Crippen LogP contribution in [0.15, 0.2) is 23.4 Å². The van der Waals surface area contributed by atoms with Gasteiger partial charge in [-0.1, -0.05) is 11.8 Å². The molecule has 8 heteroatoms. The minimum Gasteiger partial charge on any atom is -0.481 e. The molecule has 2 aromatic rings. The molecule has 2 rings (SSSR count). The van der Waals surface area contributed by atoms with Crippen molar-refractivity contribution in [1.29, 1.82) is 0 Å². The third-order valence-corrected chi connectivity index (χ3v) is 5.31. The number of thioether (sulfide) groups is 1. The minimum absolute atomic E-state index is 0.0138. The van der Waals surface area contributed by atoms with Gasteiger partial charge in [-0.05, 0) is 47.2 Å². The molecule has 0 aliphatic rings. The fraction of sp³-hybridized carbons (Fsp3) is 0.385. The quantitative estimate of drug-likeness (QED) is 0.532. The number of carboxylic acid groups (broad SMARTS) is 1. The average molecular weight is 438 g/mol. The van der Waals surface area contributed by atoms with Crippen LogP contribution in [0.4, 0.5) is 0 Å². The van der Waals surface area contributed by atoms with Crippen LogP contribution in [0.5, 0.6) is 0 Å². The third kappa shape index (κ3) is 4.68. The summed E-state index contributed by atoms with van der Waals surface area (Å²) in [5.41, 5.74) is 1.86. The van der Waals surface area contributed by atoms with E-state index in [0.29, 0.717) is 17.5 Å². The number of halogens is 1. The number of imidazole rings is 1. The van der Waals surface area contributed by atoms with Crippen LogP contribution in [0.3, 0.4) is 0 Å². The van der Waals surface area contributed by atoms with Crippen LogP contribution in [0, 0.1) is 3.57 Å². The van der Waals surface area contributed by atoms with E-state index in [4.69, 9.17) is 5.11 Å². The highest BCUT2D eigenvalue weighted by Gasteiger charge is 2.13. The summed E-state index contributed by atoms with van der Waals surface area (Å²) in [6.45, 7) is 0.693. The van der Waals surface area contributed by atoms with Crippen LogP contribution in [0.25, 0.3) is 11.0 Å². The zero-order valence-electron chi connectivity index (χ0n) is 11.4. The smallest absolute Gasteiger partial charge is 0.313 e. The predicted molar refractivity (Wildman–Crippen MR) is 94.4 cm³/mol. The Balaban J connectivity index is 2.29. The Morgan fingerprint density at radius 3 is 2.95 bits per heavy atom. The highest BCUT2D eigenvalue weighted by Crippen LogP contribution is 2.25. The number of carbonyl (C=O) groups is 1. The van der Waals surface area contributed by atoms with Gasteiger partial charge in [-0.25, -0.2) is 4.98 Å². The fourth-order valence-corrected chi connectivity index (χ4v) is 3.73. The molecule has 1 atom stereocenters. The Bertz CT molecular complexity index is 687. The van der Waals surface area contributed by atoms with Crippen LogP contribution < -0.4 is 0 Å². The first-order valence-corrected chi connectivity index (χ1v) is 10.1. The number of hydrogen-bond donors (Lipinski definition) is 1. The second kappa shape index (κ2) is 7.59. The molecular weight excluding hydrogens is 423 g/mol. The van der Waals surface area contributed by atoms with Gasteiger partial charge >= 0.3 is 5.97 Å². The highest BCUT2D eigenvalue weighted by molar-refractivity contribution is 14.1. The van der Waals surface area contributed by atoms with E-state index in [2.05, 4.69) is 27.6 Å². The molecule has 0 saturated heterocycles. The number of hydrogen-bond acceptors (Lipinski definition) is 4. The molecular formula is C13H15IN2O3S2. The SMILES string of the molecule is CS(=O)CCCn1c(SCC(=O)O)nc2cc(I)ccc21. The number of carboxylic acids is 1. The first kappa shape index (κ1) is 16.8. The molecule has 0 amide bonds. The molecule has 0 bridgehead atoms. The van der Waals surface area contributed by atoms with Gasteiger partial charge in [0.05, 0.1) is 16.8 Å². The zero-order valence-corrected chi connectivity index (χ0v) is 15.2. The van der Waals surface area contributed by atoms with Crippen LogP contribution in [0.1, 0.15) is 6.42 Å². The van der Waals surface area contributed by atoms with Gasteiger partial charge in [-0.15, -0.1) is 0 Å². The van der Waals surface area contributed by atoms with E-state index in [9.17, 15) is 9.00 Å². The van der Waals surface area contributed by atoms with E-state index in [1.54, 1.807) is 6.26 Å². The monoisotopic (exact) mass is 438 g/mol. The summed E-state index contributed by atoms with van der Waals surface area (Å²) in [6.07, 6.45) is 2.47. The molecule has 1 aromatic heterocycles. The molecule has 0 fully saturated rings. The Kier molecular flexibility index (Phi) is 6.06. The van der Waals surface area contributed by atoms with E-state index in [0.717, 1.165) is 21.0 Å². The van der Waals surface area contributed by atoms with Crippen LogP contribution >= 0.6 is 34.4 Å². The van der Waals surface area contributed by atoms with Crippen molar-refractivity contribution in [2.45, 2.75) is 18.1 Å². The molecule has 0 spiro atoms. The van der Waals surface area contributed by atoms with E-state index < -0.39 is 16.8 Å². The van der Waals surface area contributed by atoms with E-state index >= 15 is 0 Å². The van der Waals surface area contributed by atoms with Crippen molar-refractivity contribution in [1.82, 2.24) is 9.55 Å². The molecule has 21 heavy (non-hydrogen) atoms. The number of aromatic nitrogens is 2. The van der Waals surface area contributed by atoms with Gasteiger partial charge < -0.3 is 9.67 Å². The lowest BCUT2D eigenvalue weighted by atomic mass is 10.3. The molecule has 1 heterocycles. The maximum absolute atomic E-state index is 11.2. The van der Waals surface area contributed by atoms with Crippen molar-refractivity contribution < 1.29 is 14.1 Å². The highest BCUT2D eigenvalue weighted by atomic mass is 127. The topological polar surface area (TPSA) is 72.2 Å². The van der Waals surface area contributed by atoms with Gasteiger partial charge in [-0.2, -0.15) is 0 Å². The second-order valence-electron chi connectivity index (χ2n) is 4.49. The Morgan fingerprint density at radius 2 is 2.29 bits per heavy atom. The molecule has 0 radical (unpaired) electrons. The Hall–Kier alpha value is -0.610. The summed E-state index contributed by atoms with van der Waals surface area (Å²) in [4.78, 5) is 15.3. The van der Waals surface area contributed by atoms with Crippen LogP contribution in [0.2, 0.25) is 0 Å². The largest absolute Gasteiger partial charge is 0.481 e. The summed E-state index contributed by atoms with van der Waals surface area (Å²) in [7, 11) is -0.818. The number of fused-ring (bicyclic) bond motifs is 1. The van der Waals surface area contributed by atoms with Crippen molar-refractivity contribution in [3.63, 3.8) is 0 Å². The predicted octanol–water partition coefficient (Wildman–Crippen LogP) is 2.59. The number of aliphatic carboxylic acids is 1. The van der Waals surface area contributed by atoms with Gasteiger partial charge in [0.25, 0.3) is 0 Å². The minimum atomic E-state index is -0.858. The molecule has 0 aliphatic carbocycles. The molecule has 1 N–H and O–H groups in total. The summed E-state index contributed by atoms with van der Waals surface area (Å²) in [6, 6.07) is 5.98. The second-order valence-corrected chi connectivity index (χ2v) is 8.24. The van der Waals surface area contributed by atoms with Crippen LogP contribution in [-0.4, -0.2) is 42.6 Å². The lowest BCUT2D eigenvalue weighted by molar-refractivity contribution is -0.133. The Labute approximate surface area is 143 Å². The lowest BCUT2D eigenvalue weighted by Crippen LogP contribution is -2.06. The van der Waals surface area contributed by atoms with Crippen molar-refractivity contribution >= 4 is 62.2 Å². The van der Waals surface area contributed by atoms with Gasteiger partial charge in [0.2, 0.25) is 0 Å². The maximum Gasteiger partial charge on any atom is 0.313 e. The van der Waals surface area contributed by atoms with Gasteiger partial charge in [0, 0.05) is 32.9 Å². The number of nitrogens with zero attached hydrogens (tertiary/aromatic N) is 2.